The third kappa shape index (κ3) is 3.99. The van der Waals surface area contributed by atoms with E-state index >= 15 is 0 Å². The molecule has 0 bridgehead atoms. The molecule has 5 rings (SSSR count). The second kappa shape index (κ2) is 7.87. The molecule has 2 aromatic heterocycles. The van der Waals surface area contributed by atoms with Gasteiger partial charge in [0.05, 0.1) is 29.6 Å². The number of rotatable bonds is 3. The van der Waals surface area contributed by atoms with Crippen molar-refractivity contribution < 1.29 is 18.0 Å². The van der Waals surface area contributed by atoms with Crippen LogP contribution in [0.3, 0.4) is 0 Å². The van der Waals surface area contributed by atoms with Gasteiger partial charge in [-0.25, -0.2) is 9.97 Å². The lowest BCUT2D eigenvalue weighted by Gasteiger charge is -2.27. The number of halogens is 3. The van der Waals surface area contributed by atoms with E-state index in [1.807, 2.05) is 31.2 Å². The summed E-state index contributed by atoms with van der Waals surface area (Å²) >= 11 is -0.117. The summed E-state index contributed by atoms with van der Waals surface area (Å²) in [7, 11) is 1.74. The quantitative estimate of drug-likeness (QED) is 0.356. The number of aryl methyl sites for hydroxylation is 1. The normalized spacial score (nSPS) is 17.2. The standard InChI is InChI=1S/C25H24F3N5OS/c1-13-7-18-19(33-12-30-11-21(33)22(29)31-18)9-16(13)23(34)32(4)20-10-24(2,3)17-8-14(5-6-15(17)20)35-25(26,27)28/h5-9,11-12,20H,10H2,1-4H3,(H2,29,31)/t20-/m1/s1. The number of anilines is 1. The number of alkyl halides is 3. The molecule has 1 aliphatic carbocycles. The van der Waals surface area contributed by atoms with Gasteiger partial charge in [0.2, 0.25) is 0 Å². The van der Waals surface area contributed by atoms with Gasteiger partial charge in [0.25, 0.3) is 5.91 Å². The highest BCUT2D eigenvalue weighted by molar-refractivity contribution is 8.00. The fraction of sp³-hybridized carbons (Fsp3) is 0.320. The molecule has 0 spiro atoms. The number of amides is 1. The summed E-state index contributed by atoms with van der Waals surface area (Å²) in [4.78, 5) is 24.2. The summed E-state index contributed by atoms with van der Waals surface area (Å²) in [5.74, 6) is 0.190. The molecule has 6 nitrogen and oxygen atoms in total. The van der Waals surface area contributed by atoms with Gasteiger partial charge < -0.3 is 10.6 Å². The van der Waals surface area contributed by atoms with Crippen LogP contribution in [0, 0.1) is 6.92 Å². The number of imidazole rings is 1. The first-order valence-electron chi connectivity index (χ1n) is 11.0. The average molecular weight is 500 g/mol. The summed E-state index contributed by atoms with van der Waals surface area (Å²) in [6, 6.07) is 8.19. The van der Waals surface area contributed by atoms with Crippen molar-refractivity contribution >= 4 is 40.0 Å². The van der Waals surface area contributed by atoms with Crippen LogP contribution in [0.2, 0.25) is 0 Å². The predicted molar refractivity (Wildman–Crippen MR) is 130 cm³/mol. The molecule has 0 saturated heterocycles. The Labute approximate surface area is 204 Å². The van der Waals surface area contributed by atoms with E-state index in [1.165, 1.54) is 6.07 Å². The van der Waals surface area contributed by atoms with Crippen molar-refractivity contribution in [3.63, 3.8) is 0 Å². The molecule has 4 aromatic rings. The maximum atomic E-state index is 13.7. The van der Waals surface area contributed by atoms with Gasteiger partial charge in [-0.2, -0.15) is 13.2 Å². The molecule has 0 unspecified atom stereocenters. The first-order chi connectivity index (χ1) is 16.4. The lowest BCUT2D eigenvalue weighted by molar-refractivity contribution is -0.0328. The van der Waals surface area contributed by atoms with Crippen molar-refractivity contribution in [1.29, 1.82) is 0 Å². The molecular formula is C25H24F3N5OS. The van der Waals surface area contributed by atoms with E-state index < -0.39 is 5.51 Å². The second-order valence-corrected chi connectivity index (χ2v) is 10.8. The number of thioether (sulfide) groups is 1. The van der Waals surface area contributed by atoms with Crippen molar-refractivity contribution in [1.82, 2.24) is 19.3 Å². The Morgan fingerprint density at radius 1 is 1.23 bits per heavy atom. The smallest absolute Gasteiger partial charge is 0.382 e. The zero-order valence-corrected chi connectivity index (χ0v) is 20.5. The number of carbonyl (C=O) groups is 1. The topological polar surface area (TPSA) is 76.5 Å². The molecule has 2 heterocycles. The average Bonchev–Trinajstić information content (AvgIpc) is 3.35. The first kappa shape index (κ1) is 23.5. The van der Waals surface area contributed by atoms with Crippen molar-refractivity contribution in [3.8, 4) is 0 Å². The van der Waals surface area contributed by atoms with Gasteiger partial charge in [-0.05, 0) is 71.5 Å². The number of fused-ring (bicyclic) bond motifs is 4. The molecule has 10 heteroatoms. The van der Waals surface area contributed by atoms with Crippen LogP contribution >= 0.6 is 11.8 Å². The molecule has 1 atom stereocenters. The van der Waals surface area contributed by atoms with Gasteiger partial charge in [0, 0.05) is 17.5 Å². The fourth-order valence-corrected chi connectivity index (χ4v) is 5.63. The molecule has 0 radical (unpaired) electrons. The number of benzene rings is 2. The maximum absolute atomic E-state index is 13.7. The Morgan fingerprint density at radius 2 is 1.97 bits per heavy atom. The maximum Gasteiger partial charge on any atom is 0.446 e. The molecule has 1 amide bonds. The fourth-order valence-electron chi connectivity index (χ4n) is 5.05. The van der Waals surface area contributed by atoms with Crippen LogP contribution in [0.25, 0.3) is 16.6 Å². The van der Waals surface area contributed by atoms with Crippen molar-refractivity contribution in [2.45, 2.75) is 49.1 Å². The van der Waals surface area contributed by atoms with Gasteiger partial charge >= 0.3 is 5.51 Å². The van der Waals surface area contributed by atoms with Crippen LogP contribution in [-0.4, -0.2) is 37.7 Å². The number of hydrogen-bond donors (Lipinski definition) is 1. The Balaban J connectivity index is 1.53. The van der Waals surface area contributed by atoms with Crippen molar-refractivity contribution in [3.05, 3.63) is 65.1 Å². The molecule has 0 aliphatic heterocycles. The van der Waals surface area contributed by atoms with E-state index in [-0.39, 0.29) is 34.0 Å². The summed E-state index contributed by atoms with van der Waals surface area (Å²) in [6.07, 6.45) is 3.87. The SMILES string of the molecule is Cc1cc2nc(N)c3cncn3c2cc1C(=O)N(C)[C@@H]1CC(C)(C)c2cc(SC(F)(F)F)ccc21. The van der Waals surface area contributed by atoms with E-state index in [0.717, 1.165) is 22.2 Å². The summed E-state index contributed by atoms with van der Waals surface area (Å²) in [6.45, 7) is 5.85. The minimum Gasteiger partial charge on any atom is -0.382 e. The highest BCUT2D eigenvalue weighted by Gasteiger charge is 2.41. The molecule has 0 fully saturated rings. The molecule has 0 saturated carbocycles. The lowest BCUT2D eigenvalue weighted by Crippen LogP contribution is -2.31. The Hall–Kier alpha value is -3.27. The number of hydrogen-bond acceptors (Lipinski definition) is 5. The van der Waals surface area contributed by atoms with Crippen LogP contribution in [-0.2, 0) is 5.41 Å². The van der Waals surface area contributed by atoms with Crippen LogP contribution in [0.4, 0.5) is 19.0 Å². The molecular weight excluding hydrogens is 475 g/mol. The minimum absolute atomic E-state index is 0.117. The minimum atomic E-state index is -4.35. The van der Waals surface area contributed by atoms with Gasteiger partial charge in [-0.1, -0.05) is 19.9 Å². The van der Waals surface area contributed by atoms with Gasteiger partial charge in [-0.15, -0.1) is 0 Å². The molecule has 182 valence electrons. The van der Waals surface area contributed by atoms with Crippen LogP contribution < -0.4 is 5.73 Å². The van der Waals surface area contributed by atoms with Crippen LogP contribution in [0.5, 0.6) is 0 Å². The largest absolute Gasteiger partial charge is 0.446 e. The zero-order chi connectivity index (χ0) is 25.3. The molecule has 2 N–H and O–H groups in total. The molecule has 35 heavy (non-hydrogen) atoms. The summed E-state index contributed by atoms with van der Waals surface area (Å²) < 4.78 is 40.6. The van der Waals surface area contributed by atoms with Gasteiger partial charge in [0.15, 0.2) is 0 Å². The van der Waals surface area contributed by atoms with Crippen molar-refractivity contribution in [2.24, 2.45) is 0 Å². The Morgan fingerprint density at radius 3 is 2.69 bits per heavy atom. The summed E-state index contributed by atoms with van der Waals surface area (Å²) in [5, 5.41) is 0. The molecule has 2 aromatic carbocycles. The van der Waals surface area contributed by atoms with E-state index in [1.54, 1.807) is 42.7 Å². The Kier molecular flexibility index (Phi) is 5.28. The highest BCUT2D eigenvalue weighted by atomic mass is 32.2. The second-order valence-electron chi connectivity index (χ2n) is 9.62. The van der Waals surface area contributed by atoms with E-state index in [2.05, 4.69) is 9.97 Å². The highest BCUT2D eigenvalue weighted by Crippen LogP contribution is 2.49. The van der Waals surface area contributed by atoms with E-state index in [0.29, 0.717) is 28.8 Å². The number of carbonyl (C=O) groups excluding carboxylic acids is 1. The first-order valence-corrected chi connectivity index (χ1v) is 11.9. The number of nitrogens with two attached hydrogens (primary N) is 1. The predicted octanol–water partition coefficient (Wildman–Crippen LogP) is 5.88. The Bertz CT molecular complexity index is 1490. The third-order valence-electron chi connectivity index (χ3n) is 6.79. The van der Waals surface area contributed by atoms with Crippen molar-refractivity contribution in [2.75, 3.05) is 12.8 Å². The number of nitrogen functional groups attached to an aromatic ring is 1. The summed E-state index contributed by atoms with van der Waals surface area (Å²) in [5.41, 5.74) is 6.36. The monoisotopic (exact) mass is 499 g/mol. The molecule has 1 aliphatic rings. The lowest BCUT2D eigenvalue weighted by atomic mass is 9.86. The number of aromatic nitrogens is 3. The van der Waals surface area contributed by atoms with Crippen LogP contribution in [0.15, 0.2) is 47.8 Å². The van der Waals surface area contributed by atoms with Crippen LogP contribution in [0.1, 0.15) is 53.4 Å². The third-order valence-corrected chi connectivity index (χ3v) is 7.51. The van der Waals surface area contributed by atoms with E-state index in [9.17, 15) is 18.0 Å². The van der Waals surface area contributed by atoms with E-state index in [4.69, 9.17) is 5.73 Å². The number of nitrogens with zero attached hydrogens (tertiary/aromatic N) is 4. The van der Waals surface area contributed by atoms with Gasteiger partial charge in [0.1, 0.15) is 11.3 Å². The van der Waals surface area contributed by atoms with Gasteiger partial charge in [-0.3, -0.25) is 9.20 Å². The zero-order valence-electron chi connectivity index (χ0n) is 19.6.